The topological polar surface area (TPSA) is 8.17 Å². The lowest BCUT2D eigenvalue weighted by Crippen LogP contribution is -2.14. The van der Waals surface area contributed by atoms with Crippen LogP contribution in [0.25, 0.3) is 10.9 Å². The molecule has 0 aliphatic carbocycles. The van der Waals surface area contributed by atoms with E-state index in [4.69, 9.17) is 0 Å². The summed E-state index contributed by atoms with van der Waals surface area (Å²) in [6, 6.07) is 15.0. The smallest absolute Gasteiger partial charge is 0.0487 e. The molecule has 0 radical (unpaired) electrons. The van der Waals surface area contributed by atoms with E-state index in [1.54, 1.807) is 0 Å². The van der Waals surface area contributed by atoms with Gasteiger partial charge in [0.1, 0.15) is 0 Å². The van der Waals surface area contributed by atoms with Crippen molar-refractivity contribution in [1.29, 1.82) is 0 Å². The number of aromatic nitrogens is 1. The lowest BCUT2D eigenvalue weighted by atomic mass is 10.1. The molecule has 3 aromatic rings. The first-order chi connectivity index (χ1) is 11.0. The van der Waals surface area contributed by atoms with E-state index in [9.17, 15) is 0 Å². The van der Waals surface area contributed by atoms with Crippen molar-refractivity contribution >= 4 is 42.8 Å². The van der Waals surface area contributed by atoms with E-state index in [1.165, 1.54) is 22.0 Å². The van der Waals surface area contributed by atoms with Gasteiger partial charge in [-0.3, -0.25) is 0 Å². The summed E-state index contributed by atoms with van der Waals surface area (Å²) in [5, 5.41) is 1.34. The minimum atomic E-state index is 0.877. The van der Waals surface area contributed by atoms with Gasteiger partial charge in [-0.15, -0.1) is 0 Å². The molecule has 23 heavy (non-hydrogen) atoms. The summed E-state index contributed by atoms with van der Waals surface area (Å²) in [6.45, 7) is 1.93. The second kappa shape index (κ2) is 7.20. The molecule has 0 N–H and O–H groups in total. The predicted octanol–water partition coefficient (Wildman–Crippen LogP) is 5.32. The van der Waals surface area contributed by atoms with Crippen molar-refractivity contribution in [2.45, 2.75) is 13.0 Å². The minimum absolute atomic E-state index is 0.877. The number of nitrogens with zero attached hydrogens (tertiary/aromatic N) is 2. The van der Waals surface area contributed by atoms with Crippen molar-refractivity contribution in [2.24, 2.45) is 0 Å². The second-order valence-corrected chi connectivity index (χ2v) is 7.86. The molecular formula is C19H20Br2N2. The van der Waals surface area contributed by atoms with Gasteiger partial charge in [-0.25, -0.2) is 0 Å². The first-order valence-corrected chi connectivity index (χ1v) is 9.28. The Balaban J connectivity index is 2.01. The Hall–Kier alpha value is -1.10. The van der Waals surface area contributed by atoms with E-state index in [-0.39, 0.29) is 0 Å². The van der Waals surface area contributed by atoms with Crippen molar-refractivity contribution in [1.82, 2.24) is 9.47 Å². The summed E-state index contributed by atoms with van der Waals surface area (Å²) in [7, 11) is 4.24. The third-order valence-corrected chi connectivity index (χ3v) is 5.32. The van der Waals surface area contributed by atoms with Crippen LogP contribution in [-0.2, 0) is 13.0 Å². The summed E-state index contributed by atoms with van der Waals surface area (Å²) in [4.78, 5) is 2.23. The quantitative estimate of drug-likeness (QED) is 0.526. The summed E-state index contributed by atoms with van der Waals surface area (Å²) in [6.07, 6.45) is 3.36. The van der Waals surface area contributed by atoms with Crippen molar-refractivity contribution < 1.29 is 0 Å². The lowest BCUT2D eigenvalue weighted by Gasteiger charge is -2.08. The van der Waals surface area contributed by atoms with Gasteiger partial charge in [-0.05, 0) is 55.9 Å². The van der Waals surface area contributed by atoms with Gasteiger partial charge in [0, 0.05) is 39.1 Å². The maximum Gasteiger partial charge on any atom is 0.0487 e. The highest BCUT2D eigenvalue weighted by Crippen LogP contribution is 2.27. The number of hydrogen-bond acceptors (Lipinski definition) is 1. The summed E-state index contributed by atoms with van der Waals surface area (Å²) in [5.41, 5.74) is 3.99. The zero-order valence-corrected chi connectivity index (χ0v) is 16.6. The van der Waals surface area contributed by atoms with Crippen LogP contribution in [-0.4, -0.2) is 30.1 Å². The monoisotopic (exact) mass is 434 g/mol. The molecule has 0 aliphatic rings. The number of likely N-dealkylation sites (N-methyl/N-ethyl adjacent to an activating group) is 1. The molecule has 0 bridgehead atoms. The van der Waals surface area contributed by atoms with Gasteiger partial charge in [-0.2, -0.15) is 0 Å². The summed E-state index contributed by atoms with van der Waals surface area (Å²) in [5.74, 6) is 0. The number of halogens is 2. The molecule has 2 aromatic carbocycles. The zero-order valence-electron chi connectivity index (χ0n) is 13.4. The summed E-state index contributed by atoms with van der Waals surface area (Å²) < 4.78 is 4.65. The maximum atomic E-state index is 3.66. The molecule has 0 spiro atoms. The molecular weight excluding hydrogens is 416 g/mol. The zero-order chi connectivity index (χ0) is 16.4. The van der Waals surface area contributed by atoms with E-state index < -0.39 is 0 Å². The van der Waals surface area contributed by atoms with Crippen molar-refractivity contribution in [3.8, 4) is 0 Å². The van der Waals surface area contributed by atoms with Crippen LogP contribution in [0.3, 0.4) is 0 Å². The van der Waals surface area contributed by atoms with Crippen LogP contribution in [0.1, 0.15) is 11.1 Å². The molecule has 0 saturated heterocycles. The van der Waals surface area contributed by atoms with Gasteiger partial charge >= 0.3 is 0 Å². The molecule has 4 heteroatoms. The predicted molar refractivity (Wildman–Crippen MR) is 105 cm³/mol. The standard InChI is InChI=1S/C19H20Br2N2/c1-22(2)10-9-14-12-23(13-15-5-3-4-6-18(15)21)19-8-7-16(20)11-17(14)19/h3-8,11-12H,9-10,13H2,1-2H3. The lowest BCUT2D eigenvalue weighted by molar-refractivity contribution is 0.414. The van der Waals surface area contributed by atoms with Gasteiger partial charge in [0.2, 0.25) is 0 Å². The van der Waals surface area contributed by atoms with E-state index in [2.05, 4.69) is 104 Å². The van der Waals surface area contributed by atoms with E-state index in [0.717, 1.165) is 28.5 Å². The Morgan fingerprint density at radius 2 is 1.78 bits per heavy atom. The highest BCUT2D eigenvalue weighted by molar-refractivity contribution is 9.10. The highest BCUT2D eigenvalue weighted by Gasteiger charge is 2.10. The number of rotatable bonds is 5. The van der Waals surface area contributed by atoms with E-state index >= 15 is 0 Å². The molecule has 2 nitrogen and oxygen atoms in total. The first kappa shape index (κ1) is 16.7. The largest absolute Gasteiger partial charge is 0.343 e. The van der Waals surface area contributed by atoms with Crippen molar-refractivity contribution in [3.63, 3.8) is 0 Å². The van der Waals surface area contributed by atoms with Crippen LogP contribution in [0.15, 0.2) is 57.6 Å². The molecule has 0 aliphatic heterocycles. The Kier molecular flexibility index (Phi) is 5.24. The number of benzene rings is 2. The average Bonchev–Trinajstić information content (AvgIpc) is 2.84. The van der Waals surface area contributed by atoms with E-state index in [0.29, 0.717) is 0 Å². The van der Waals surface area contributed by atoms with Crippen LogP contribution in [0.2, 0.25) is 0 Å². The second-order valence-electron chi connectivity index (χ2n) is 6.09. The molecule has 0 amide bonds. The van der Waals surface area contributed by atoms with Crippen molar-refractivity contribution in [3.05, 3.63) is 68.7 Å². The van der Waals surface area contributed by atoms with Gasteiger partial charge in [0.25, 0.3) is 0 Å². The van der Waals surface area contributed by atoms with E-state index in [1.807, 2.05) is 0 Å². The Morgan fingerprint density at radius 1 is 1.00 bits per heavy atom. The molecule has 120 valence electrons. The minimum Gasteiger partial charge on any atom is -0.343 e. The molecule has 1 aromatic heterocycles. The van der Waals surface area contributed by atoms with Crippen LogP contribution in [0.5, 0.6) is 0 Å². The Bertz CT molecular complexity index is 821. The number of hydrogen-bond donors (Lipinski definition) is 0. The third-order valence-electron chi connectivity index (χ3n) is 4.05. The molecule has 0 fully saturated rings. The van der Waals surface area contributed by atoms with Crippen LogP contribution in [0.4, 0.5) is 0 Å². The van der Waals surface area contributed by atoms with Crippen LogP contribution >= 0.6 is 31.9 Å². The highest BCUT2D eigenvalue weighted by atomic mass is 79.9. The van der Waals surface area contributed by atoms with Gasteiger partial charge in [-0.1, -0.05) is 50.1 Å². The van der Waals surface area contributed by atoms with Crippen LogP contribution < -0.4 is 0 Å². The normalized spacial score (nSPS) is 11.5. The molecule has 0 atom stereocenters. The Labute approximate surface area is 154 Å². The molecule has 0 saturated carbocycles. The van der Waals surface area contributed by atoms with Crippen LogP contribution in [0, 0.1) is 0 Å². The Morgan fingerprint density at radius 3 is 2.52 bits per heavy atom. The maximum absolute atomic E-state index is 3.66. The molecule has 3 rings (SSSR count). The van der Waals surface area contributed by atoms with Gasteiger partial charge in [0.05, 0.1) is 0 Å². The average molecular weight is 436 g/mol. The summed E-state index contributed by atoms with van der Waals surface area (Å²) >= 11 is 7.27. The fourth-order valence-corrected chi connectivity index (χ4v) is 3.60. The molecule has 1 heterocycles. The van der Waals surface area contributed by atoms with Gasteiger partial charge in [0.15, 0.2) is 0 Å². The van der Waals surface area contributed by atoms with Gasteiger partial charge < -0.3 is 9.47 Å². The third kappa shape index (κ3) is 3.87. The fraction of sp³-hybridized carbons (Fsp3) is 0.263. The van der Waals surface area contributed by atoms with Crippen molar-refractivity contribution in [2.75, 3.05) is 20.6 Å². The first-order valence-electron chi connectivity index (χ1n) is 7.70. The SMILES string of the molecule is CN(C)CCc1cn(Cc2ccccc2Br)c2ccc(Br)cc12. The number of fused-ring (bicyclic) bond motifs is 1. The fourth-order valence-electron chi connectivity index (χ4n) is 2.83. The molecule has 0 unspecified atom stereocenters.